The maximum atomic E-state index is 13.1. The van der Waals surface area contributed by atoms with Crippen molar-refractivity contribution in [1.82, 2.24) is 5.32 Å². The van der Waals surface area contributed by atoms with Gasteiger partial charge in [0.2, 0.25) is 5.91 Å². The summed E-state index contributed by atoms with van der Waals surface area (Å²) >= 11 is 0. The summed E-state index contributed by atoms with van der Waals surface area (Å²) in [5, 5.41) is 54.6. The number of carbonyl (C=O) groups is 1. The van der Waals surface area contributed by atoms with Gasteiger partial charge >= 0.3 is 0 Å². The molecule has 9 heteroatoms. The molecule has 0 aliphatic carbocycles. The summed E-state index contributed by atoms with van der Waals surface area (Å²) in [5.41, 5.74) is 0. The highest BCUT2D eigenvalue weighted by Crippen LogP contribution is 2.23. The summed E-state index contributed by atoms with van der Waals surface area (Å²) in [5.74, 6) is -0.214. The molecule has 6 N–H and O–H groups in total. The van der Waals surface area contributed by atoms with Gasteiger partial charge in [-0.2, -0.15) is 0 Å². The van der Waals surface area contributed by atoms with Gasteiger partial charge < -0.3 is 40.3 Å². The van der Waals surface area contributed by atoms with Crippen LogP contribution < -0.4 is 5.32 Å². The highest BCUT2D eigenvalue weighted by Gasteiger charge is 2.44. The van der Waals surface area contributed by atoms with E-state index in [-0.39, 0.29) is 12.5 Å². The third kappa shape index (κ3) is 43.6. The lowest BCUT2D eigenvalue weighted by atomic mass is 9.99. The van der Waals surface area contributed by atoms with Gasteiger partial charge in [-0.05, 0) is 103 Å². The lowest BCUT2D eigenvalue weighted by Crippen LogP contribution is -2.60. The van der Waals surface area contributed by atoms with Crippen LogP contribution in [0.4, 0.5) is 0 Å². The number of hydrogen-bond donors (Lipinski definition) is 6. The molecule has 1 saturated heterocycles. The normalized spacial score (nSPS) is 19.7. The van der Waals surface area contributed by atoms with Crippen molar-refractivity contribution >= 4 is 5.91 Å². The molecule has 1 aliphatic rings. The first-order chi connectivity index (χ1) is 37.3. The van der Waals surface area contributed by atoms with Crippen molar-refractivity contribution in [3.05, 3.63) is 122 Å². The Labute approximate surface area is 465 Å². The number of rotatable bonds is 51. The molecule has 1 aliphatic heterocycles. The van der Waals surface area contributed by atoms with Gasteiger partial charge in [-0.15, -0.1) is 0 Å². The van der Waals surface area contributed by atoms with Crippen LogP contribution in [0, 0.1) is 0 Å². The van der Waals surface area contributed by atoms with Crippen LogP contribution in [0.1, 0.15) is 239 Å². The zero-order valence-electron chi connectivity index (χ0n) is 48.2. The largest absolute Gasteiger partial charge is 0.394 e. The zero-order valence-corrected chi connectivity index (χ0v) is 48.2. The van der Waals surface area contributed by atoms with Crippen molar-refractivity contribution < 1.29 is 39.8 Å². The molecule has 1 amide bonds. The number of nitrogens with one attached hydrogen (secondary N) is 1. The molecule has 0 radical (unpaired) electrons. The highest BCUT2D eigenvalue weighted by molar-refractivity contribution is 5.76. The summed E-state index contributed by atoms with van der Waals surface area (Å²) in [6.45, 7) is 3.64. The van der Waals surface area contributed by atoms with E-state index in [4.69, 9.17) is 9.47 Å². The number of unbranched alkanes of at least 4 members (excludes halogenated alkanes) is 23. The van der Waals surface area contributed by atoms with Gasteiger partial charge in [-0.3, -0.25) is 4.79 Å². The number of ether oxygens (including phenoxy) is 2. The van der Waals surface area contributed by atoms with Gasteiger partial charge in [0.25, 0.3) is 0 Å². The Balaban J connectivity index is 2.28. The van der Waals surface area contributed by atoms with Crippen LogP contribution in [-0.2, 0) is 14.3 Å². The molecule has 7 unspecified atom stereocenters. The lowest BCUT2D eigenvalue weighted by molar-refractivity contribution is -0.302. The molecule has 76 heavy (non-hydrogen) atoms. The Hall–Kier alpha value is -3.41. The van der Waals surface area contributed by atoms with Crippen molar-refractivity contribution in [2.75, 3.05) is 13.2 Å². The van der Waals surface area contributed by atoms with Gasteiger partial charge in [0, 0.05) is 6.42 Å². The van der Waals surface area contributed by atoms with E-state index < -0.39 is 49.5 Å². The summed E-state index contributed by atoms with van der Waals surface area (Å²) in [6, 6.07) is -0.850. The average molecular weight is 1060 g/mol. The minimum absolute atomic E-state index is 0.214. The molecule has 434 valence electrons. The fourth-order valence-electron chi connectivity index (χ4n) is 8.93. The van der Waals surface area contributed by atoms with E-state index in [2.05, 4.69) is 129 Å². The molecule has 9 nitrogen and oxygen atoms in total. The fraction of sp³-hybridized carbons (Fsp3) is 0.687. The Morgan fingerprint density at radius 2 is 0.829 bits per heavy atom. The first-order valence-corrected chi connectivity index (χ1v) is 30.8. The molecule has 7 atom stereocenters. The Kier molecular flexibility index (Phi) is 51.0. The maximum absolute atomic E-state index is 13.1. The van der Waals surface area contributed by atoms with Crippen LogP contribution in [0.3, 0.4) is 0 Å². The van der Waals surface area contributed by atoms with E-state index in [9.17, 15) is 30.3 Å². The number of aliphatic hydroxyl groups excluding tert-OH is 5. The molecule has 0 aromatic rings. The van der Waals surface area contributed by atoms with E-state index in [1.807, 2.05) is 6.08 Å². The van der Waals surface area contributed by atoms with E-state index >= 15 is 0 Å². The number of aliphatic hydroxyl groups is 5. The van der Waals surface area contributed by atoms with Gasteiger partial charge in [0.05, 0.1) is 25.4 Å². The molecule has 1 rings (SSSR count). The maximum Gasteiger partial charge on any atom is 0.220 e. The smallest absolute Gasteiger partial charge is 0.220 e. The minimum Gasteiger partial charge on any atom is -0.394 e. The summed E-state index contributed by atoms with van der Waals surface area (Å²) in [4.78, 5) is 13.1. The Morgan fingerprint density at radius 1 is 0.461 bits per heavy atom. The zero-order chi connectivity index (χ0) is 55.0. The fourth-order valence-corrected chi connectivity index (χ4v) is 8.93. The lowest BCUT2D eigenvalue weighted by Gasteiger charge is -2.40. The van der Waals surface area contributed by atoms with E-state index in [1.165, 1.54) is 103 Å². The predicted molar refractivity (Wildman–Crippen MR) is 322 cm³/mol. The number of hydrogen-bond acceptors (Lipinski definition) is 8. The van der Waals surface area contributed by atoms with Crippen LogP contribution in [0.2, 0.25) is 0 Å². The van der Waals surface area contributed by atoms with Gasteiger partial charge in [-0.25, -0.2) is 0 Å². The second kappa shape index (κ2) is 54.9. The third-order valence-corrected chi connectivity index (χ3v) is 13.7. The molecule has 0 spiro atoms. The monoisotopic (exact) mass is 1060 g/mol. The number of allylic oxidation sites excluding steroid dienone is 19. The van der Waals surface area contributed by atoms with Crippen LogP contribution in [0.25, 0.3) is 0 Å². The van der Waals surface area contributed by atoms with Crippen molar-refractivity contribution in [3.63, 3.8) is 0 Å². The van der Waals surface area contributed by atoms with Gasteiger partial charge in [-0.1, -0.05) is 251 Å². The predicted octanol–water partition coefficient (Wildman–Crippen LogP) is 15.9. The minimum atomic E-state index is -1.59. The van der Waals surface area contributed by atoms with Crippen LogP contribution in [-0.4, -0.2) is 87.5 Å². The van der Waals surface area contributed by atoms with Crippen molar-refractivity contribution in [2.24, 2.45) is 0 Å². The molecule has 1 heterocycles. The number of amides is 1. The van der Waals surface area contributed by atoms with Crippen molar-refractivity contribution in [1.29, 1.82) is 0 Å². The van der Waals surface area contributed by atoms with Crippen LogP contribution >= 0.6 is 0 Å². The molecular formula is C67H113NO8. The Bertz CT molecular complexity index is 1610. The van der Waals surface area contributed by atoms with E-state index in [0.29, 0.717) is 6.42 Å². The molecular weight excluding hydrogens is 947 g/mol. The summed E-state index contributed by atoms with van der Waals surface area (Å²) in [6.07, 6.45) is 75.5. The van der Waals surface area contributed by atoms with Gasteiger partial charge in [0.1, 0.15) is 24.4 Å². The first kappa shape index (κ1) is 70.6. The van der Waals surface area contributed by atoms with E-state index in [0.717, 1.165) is 116 Å². The SMILES string of the molecule is CC/C=C\C/C=C\C/C=C\C/C=C\C/C=C\C/C=C\C/C=C\CCCCCCCC(=O)NC(COC1OC(CO)C(O)C(O)C1O)C(O)/C=C/CC/C=C/CC/C=C/CCCCCCCCCCCCCCCCCC. The molecule has 0 aromatic heterocycles. The summed E-state index contributed by atoms with van der Waals surface area (Å²) in [7, 11) is 0. The Morgan fingerprint density at radius 3 is 1.26 bits per heavy atom. The van der Waals surface area contributed by atoms with Crippen molar-refractivity contribution in [3.8, 4) is 0 Å². The van der Waals surface area contributed by atoms with Gasteiger partial charge in [0.15, 0.2) is 6.29 Å². The second-order valence-electron chi connectivity index (χ2n) is 20.7. The molecule has 0 bridgehead atoms. The topological polar surface area (TPSA) is 149 Å². The molecule has 0 saturated carbocycles. The molecule has 1 fully saturated rings. The standard InChI is InChI=1S/C67H113NO8/c1-3-5-7-9-11-13-15-17-19-21-23-25-27-29-31-33-35-37-39-41-43-45-47-49-51-53-55-57-63(71)68-60(59-75-67-66(74)65(73)64(72)62(58-69)76-67)61(70)56-54-52-50-48-46-44-42-40-38-36-34-32-30-28-26-24-22-20-18-16-14-12-10-8-6-4-2/h5,7,11,13,17,19,23,25,29,31,35,37-38,40-41,43,46,48,54,56,60-62,64-67,69-70,72-74H,3-4,6,8-10,12,14-16,18,20-22,24,26-28,30,32-34,36,39,42,44-45,47,49-53,55,57-59H2,1-2H3,(H,68,71)/b7-5-,13-11-,19-17-,25-23-,31-29-,37-35-,40-38+,43-41-,48-46+,56-54+. The first-order valence-electron chi connectivity index (χ1n) is 30.8. The highest BCUT2D eigenvalue weighted by atomic mass is 16.7. The third-order valence-electron chi connectivity index (χ3n) is 13.7. The molecule has 0 aromatic carbocycles. The van der Waals surface area contributed by atoms with Crippen LogP contribution in [0.15, 0.2) is 122 Å². The second-order valence-corrected chi connectivity index (χ2v) is 20.7. The average Bonchev–Trinajstić information content (AvgIpc) is 3.42. The van der Waals surface area contributed by atoms with Crippen molar-refractivity contribution in [2.45, 2.75) is 281 Å². The van der Waals surface area contributed by atoms with Crippen LogP contribution in [0.5, 0.6) is 0 Å². The summed E-state index contributed by atoms with van der Waals surface area (Å²) < 4.78 is 11.3. The quantitative estimate of drug-likeness (QED) is 0.0261. The van der Waals surface area contributed by atoms with E-state index in [1.54, 1.807) is 6.08 Å². The number of carbonyl (C=O) groups excluding carboxylic acids is 1.